The lowest BCUT2D eigenvalue weighted by Gasteiger charge is -2.56. The third-order valence-corrected chi connectivity index (χ3v) is 6.80. The summed E-state index contributed by atoms with van der Waals surface area (Å²) in [5, 5.41) is 5.41. The predicted octanol–water partition coefficient (Wildman–Crippen LogP) is 2.52. The second-order valence-corrected chi connectivity index (χ2v) is 8.35. The van der Waals surface area contributed by atoms with E-state index in [4.69, 9.17) is 21.3 Å². The number of thiazole rings is 1. The molecule has 0 N–H and O–H groups in total. The molecule has 0 spiro atoms. The molecule has 3 aliphatic rings. The van der Waals surface area contributed by atoms with E-state index in [0.29, 0.717) is 12.1 Å². The zero-order chi connectivity index (χ0) is 18.7. The number of piperidine rings is 1. The van der Waals surface area contributed by atoms with Gasteiger partial charge in [-0.1, -0.05) is 22.9 Å². The lowest BCUT2D eigenvalue weighted by molar-refractivity contribution is 0.291. The normalized spacial score (nSPS) is 21.4. The number of hydrogen-bond acceptors (Lipinski definition) is 7. The van der Waals surface area contributed by atoms with Gasteiger partial charge in [0, 0.05) is 26.2 Å². The number of methoxy groups -OCH3 is 1. The molecule has 3 saturated heterocycles. The van der Waals surface area contributed by atoms with Crippen LogP contribution in [0.2, 0.25) is 5.02 Å². The van der Waals surface area contributed by atoms with Crippen molar-refractivity contribution in [3.63, 3.8) is 0 Å². The maximum absolute atomic E-state index is 12.1. The molecule has 2 atom stereocenters. The second-order valence-electron chi connectivity index (χ2n) is 6.96. The van der Waals surface area contributed by atoms with E-state index in [9.17, 15) is 4.79 Å². The quantitative estimate of drug-likeness (QED) is 0.669. The van der Waals surface area contributed by atoms with Gasteiger partial charge < -0.3 is 14.5 Å². The molecule has 2 bridgehead atoms. The van der Waals surface area contributed by atoms with Gasteiger partial charge in [0.05, 0.1) is 41.3 Å². The highest BCUT2D eigenvalue weighted by atomic mass is 35.5. The Kier molecular flexibility index (Phi) is 3.80. The van der Waals surface area contributed by atoms with Crippen molar-refractivity contribution in [2.75, 3.05) is 30.0 Å². The molecule has 3 aliphatic heterocycles. The van der Waals surface area contributed by atoms with Crippen LogP contribution in [0.5, 0.6) is 5.75 Å². The van der Waals surface area contributed by atoms with Gasteiger partial charge in [-0.2, -0.15) is 5.10 Å². The van der Waals surface area contributed by atoms with Crippen molar-refractivity contribution in [3.8, 4) is 5.75 Å². The number of aryl methyl sites for hydroxylation is 1. The van der Waals surface area contributed by atoms with Crippen molar-refractivity contribution in [1.82, 2.24) is 14.8 Å². The highest BCUT2D eigenvalue weighted by Gasteiger charge is 2.46. The van der Waals surface area contributed by atoms with Crippen LogP contribution in [0.1, 0.15) is 6.42 Å². The Bertz CT molecular complexity index is 1090. The Hall–Kier alpha value is -2.32. The highest BCUT2D eigenvalue weighted by Crippen LogP contribution is 2.42. The fourth-order valence-electron chi connectivity index (χ4n) is 3.97. The minimum Gasteiger partial charge on any atom is -0.497 e. The van der Waals surface area contributed by atoms with E-state index in [2.05, 4.69) is 21.0 Å². The Morgan fingerprint density at radius 3 is 2.81 bits per heavy atom. The molecule has 9 heteroatoms. The number of fused-ring (bicyclic) bond motifs is 3. The van der Waals surface area contributed by atoms with Gasteiger partial charge in [0.2, 0.25) is 0 Å². The molecule has 2 aromatic heterocycles. The molecule has 0 saturated carbocycles. The third kappa shape index (κ3) is 2.58. The first-order chi connectivity index (χ1) is 13.0. The van der Waals surface area contributed by atoms with Crippen LogP contribution in [-0.4, -0.2) is 47.0 Å². The topological polar surface area (TPSA) is 63.5 Å². The summed E-state index contributed by atoms with van der Waals surface area (Å²) in [7, 11) is 3.27. The number of anilines is 2. The molecule has 27 heavy (non-hydrogen) atoms. The van der Waals surface area contributed by atoms with Gasteiger partial charge in [0.25, 0.3) is 5.56 Å². The minimum absolute atomic E-state index is 0.243. The summed E-state index contributed by atoms with van der Waals surface area (Å²) in [5.41, 5.74) is 1.43. The number of ether oxygens (including phenoxy) is 1. The minimum atomic E-state index is -0.259. The van der Waals surface area contributed by atoms with E-state index in [1.807, 2.05) is 12.1 Å². The van der Waals surface area contributed by atoms with E-state index >= 15 is 0 Å². The van der Waals surface area contributed by atoms with Crippen LogP contribution in [0.3, 0.4) is 0 Å². The highest BCUT2D eigenvalue weighted by molar-refractivity contribution is 7.22. The molecule has 2 unspecified atom stereocenters. The number of piperazine rings is 1. The maximum Gasteiger partial charge on any atom is 0.287 e. The van der Waals surface area contributed by atoms with Crippen LogP contribution in [0, 0.1) is 0 Å². The van der Waals surface area contributed by atoms with Crippen molar-refractivity contribution in [2.24, 2.45) is 7.05 Å². The summed E-state index contributed by atoms with van der Waals surface area (Å²) in [6.45, 7) is 1.62. The van der Waals surface area contributed by atoms with E-state index in [1.54, 1.807) is 31.7 Å². The third-order valence-electron chi connectivity index (χ3n) is 5.40. The van der Waals surface area contributed by atoms with Gasteiger partial charge in [-0.05, 0) is 18.6 Å². The number of halogens is 1. The van der Waals surface area contributed by atoms with Crippen LogP contribution >= 0.6 is 22.9 Å². The fraction of sp³-hybridized carbons (Fsp3) is 0.389. The summed E-state index contributed by atoms with van der Waals surface area (Å²) < 4.78 is 7.72. The van der Waals surface area contributed by atoms with E-state index in [0.717, 1.165) is 46.3 Å². The summed E-state index contributed by atoms with van der Waals surface area (Å²) in [6.07, 6.45) is 2.81. The molecular formula is C18H18ClN5O2S. The Morgan fingerprint density at radius 1 is 1.30 bits per heavy atom. The molecule has 0 amide bonds. The van der Waals surface area contributed by atoms with Crippen LogP contribution in [0.15, 0.2) is 29.2 Å². The molecule has 7 nitrogen and oxygen atoms in total. The Balaban J connectivity index is 1.41. The van der Waals surface area contributed by atoms with Crippen molar-refractivity contribution in [1.29, 1.82) is 0 Å². The molecule has 0 radical (unpaired) electrons. The van der Waals surface area contributed by atoms with Crippen LogP contribution in [0.4, 0.5) is 10.8 Å². The first-order valence-electron chi connectivity index (χ1n) is 8.75. The number of rotatable bonds is 3. The molecular weight excluding hydrogens is 386 g/mol. The van der Waals surface area contributed by atoms with Crippen molar-refractivity contribution in [3.05, 3.63) is 39.8 Å². The average Bonchev–Trinajstić information content (AvgIpc) is 3.08. The van der Waals surface area contributed by atoms with Gasteiger partial charge in [-0.15, -0.1) is 0 Å². The van der Waals surface area contributed by atoms with Gasteiger partial charge >= 0.3 is 0 Å². The maximum atomic E-state index is 12.1. The SMILES string of the molecule is COc1ccc2sc(N3C4CC3CN(c3cnn(C)c(=O)c3Cl)C4)nc2c1. The molecule has 5 heterocycles. The van der Waals surface area contributed by atoms with Crippen molar-refractivity contribution < 1.29 is 4.74 Å². The number of hydrogen-bond donors (Lipinski definition) is 0. The monoisotopic (exact) mass is 403 g/mol. The first kappa shape index (κ1) is 16.8. The fourth-order valence-corrected chi connectivity index (χ4v) is 5.35. The van der Waals surface area contributed by atoms with Gasteiger partial charge in [0.15, 0.2) is 5.13 Å². The van der Waals surface area contributed by atoms with Crippen LogP contribution in [-0.2, 0) is 7.05 Å². The molecule has 3 aromatic rings. The summed E-state index contributed by atoms with van der Waals surface area (Å²) in [5.74, 6) is 0.821. The van der Waals surface area contributed by atoms with Gasteiger partial charge in [-0.3, -0.25) is 4.79 Å². The van der Waals surface area contributed by atoms with Gasteiger partial charge in [0.1, 0.15) is 10.8 Å². The predicted molar refractivity (Wildman–Crippen MR) is 108 cm³/mol. The van der Waals surface area contributed by atoms with Crippen LogP contribution < -0.4 is 20.1 Å². The van der Waals surface area contributed by atoms with Crippen LogP contribution in [0.25, 0.3) is 10.2 Å². The average molecular weight is 404 g/mol. The number of nitrogens with zero attached hydrogens (tertiary/aromatic N) is 5. The second kappa shape index (κ2) is 6.10. The zero-order valence-corrected chi connectivity index (χ0v) is 16.5. The van der Waals surface area contributed by atoms with E-state index < -0.39 is 0 Å². The standard InChI is InChI=1S/C18H18ClN5O2S/c1-22-17(25)16(19)14(7-20-22)23-8-10-5-11(9-23)24(10)18-21-13-6-12(26-2)3-4-15(13)27-18/h3-4,6-7,10-11H,5,8-9H2,1-2H3. The Morgan fingerprint density at radius 2 is 2.07 bits per heavy atom. The first-order valence-corrected chi connectivity index (χ1v) is 9.94. The van der Waals surface area contributed by atoms with Crippen molar-refractivity contribution >= 4 is 44.0 Å². The van der Waals surface area contributed by atoms with E-state index in [1.165, 1.54) is 4.68 Å². The van der Waals surface area contributed by atoms with Gasteiger partial charge in [-0.25, -0.2) is 9.67 Å². The van der Waals surface area contributed by atoms with Crippen molar-refractivity contribution in [2.45, 2.75) is 18.5 Å². The summed E-state index contributed by atoms with van der Waals surface area (Å²) in [4.78, 5) is 21.5. The van der Waals surface area contributed by atoms with E-state index in [-0.39, 0.29) is 10.6 Å². The lowest BCUT2D eigenvalue weighted by Crippen LogP contribution is -2.69. The zero-order valence-electron chi connectivity index (χ0n) is 14.9. The lowest BCUT2D eigenvalue weighted by atomic mass is 9.88. The summed E-state index contributed by atoms with van der Waals surface area (Å²) in [6, 6.07) is 6.73. The number of aromatic nitrogens is 3. The molecule has 3 fully saturated rings. The smallest absolute Gasteiger partial charge is 0.287 e. The molecule has 1 aromatic carbocycles. The molecule has 140 valence electrons. The largest absolute Gasteiger partial charge is 0.497 e. The number of benzene rings is 1. The molecule has 0 aliphatic carbocycles. The summed E-state index contributed by atoms with van der Waals surface area (Å²) >= 11 is 7.99. The molecule has 6 rings (SSSR count). The Labute approximate surface area is 164 Å².